The molecule has 1 saturated heterocycles. The van der Waals surface area contributed by atoms with E-state index in [0.29, 0.717) is 5.92 Å². The summed E-state index contributed by atoms with van der Waals surface area (Å²) in [6.07, 6.45) is -1.01. The predicted octanol–water partition coefficient (Wildman–Crippen LogP) is 5.95. The van der Waals surface area contributed by atoms with E-state index in [1.165, 1.54) is 25.0 Å². The van der Waals surface area contributed by atoms with Crippen molar-refractivity contribution in [3.8, 4) is 5.75 Å². The van der Waals surface area contributed by atoms with Gasteiger partial charge < -0.3 is 14.5 Å². The second kappa shape index (κ2) is 12.0. The average Bonchev–Trinajstić information content (AvgIpc) is 3.35. The van der Waals surface area contributed by atoms with E-state index in [0.717, 1.165) is 38.2 Å². The van der Waals surface area contributed by atoms with E-state index in [1.54, 1.807) is 6.07 Å². The summed E-state index contributed by atoms with van der Waals surface area (Å²) in [6, 6.07) is 6.35. The molecule has 10 heteroatoms. The summed E-state index contributed by atoms with van der Waals surface area (Å²) in [5, 5.41) is 3.77. The molecule has 1 saturated carbocycles. The highest BCUT2D eigenvalue weighted by molar-refractivity contribution is 7.59. The van der Waals surface area contributed by atoms with E-state index in [2.05, 4.69) is 48.8 Å². The molecule has 3 rings (SSSR count). The van der Waals surface area contributed by atoms with Gasteiger partial charge >= 0.3 is 6.36 Å². The molecule has 0 unspecified atom stereocenters. The lowest BCUT2D eigenvalue weighted by Crippen LogP contribution is -2.44. The fraction of sp³-hybridized carbons (Fsp3) is 0.739. The molecule has 0 amide bonds. The van der Waals surface area contributed by atoms with Crippen LogP contribution in [0.25, 0.3) is 0 Å². The largest absolute Gasteiger partial charge is 0.573 e. The van der Waals surface area contributed by atoms with Gasteiger partial charge in [-0.05, 0) is 67.6 Å². The van der Waals surface area contributed by atoms with Crippen LogP contribution in [-0.2, 0) is 4.43 Å². The highest BCUT2D eigenvalue weighted by Crippen LogP contribution is 2.38. The van der Waals surface area contributed by atoms with Crippen molar-refractivity contribution in [3.63, 3.8) is 0 Å². The lowest BCUT2D eigenvalue weighted by atomic mass is 10.1. The molecule has 1 N–H and O–H groups in total. The number of likely N-dealkylation sites (tertiary alicyclic amines) is 1. The minimum Gasteiger partial charge on any atom is -0.413 e. The molecule has 2 atom stereocenters. The Kier molecular flexibility index (Phi) is 11.2. The molecule has 33 heavy (non-hydrogen) atoms. The van der Waals surface area contributed by atoms with Gasteiger partial charge in [-0.1, -0.05) is 32.9 Å². The highest BCUT2D eigenvalue weighted by atomic mass is 32.1. The van der Waals surface area contributed by atoms with Gasteiger partial charge in [-0.25, -0.2) is 0 Å². The standard InChI is InChI=1S/C23H37F3N2O2Si.2H2S/c1-22(2,3)31(4,5)30-20-11-12-28(15-20)16-21(27-14-17-9-10-17)18-7-6-8-19(13-18)29-23(24,25)26;;/h6-8,13,17,20-21,27H,9-12,14-16H2,1-5H3;2*1H2/t20-,21+;;/m0../s1. The van der Waals surface area contributed by atoms with E-state index < -0.39 is 14.7 Å². The third-order valence-electron chi connectivity index (χ3n) is 6.78. The fourth-order valence-corrected chi connectivity index (χ4v) is 5.14. The first-order chi connectivity index (χ1) is 14.3. The van der Waals surface area contributed by atoms with Crippen LogP contribution in [0.3, 0.4) is 0 Å². The first kappa shape index (κ1) is 30.6. The van der Waals surface area contributed by atoms with Crippen LogP contribution in [0.1, 0.15) is 51.6 Å². The molecule has 1 aromatic rings. The fourth-order valence-electron chi connectivity index (χ4n) is 3.76. The molecule has 1 aliphatic heterocycles. The molecular formula is C23H41F3N2O2S2Si. The van der Waals surface area contributed by atoms with Crippen LogP contribution in [-0.4, -0.2) is 51.9 Å². The summed E-state index contributed by atoms with van der Waals surface area (Å²) in [7, 11) is -1.82. The number of benzene rings is 1. The van der Waals surface area contributed by atoms with Gasteiger partial charge in [0, 0.05) is 25.7 Å². The maximum Gasteiger partial charge on any atom is 0.573 e. The van der Waals surface area contributed by atoms with Gasteiger partial charge in [-0.3, -0.25) is 4.90 Å². The van der Waals surface area contributed by atoms with E-state index in [1.807, 2.05) is 6.07 Å². The first-order valence-electron chi connectivity index (χ1n) is 11.3. The maximum absolute atomic E-state index is 12.7. The molecule has 0 radical (unpaired) electrons. The van der Waals surface area contributed by atoms with Gasteiger partial charge in [0.25, 0.3) is 0 Å². The van der Waals surface area contributed by atoms with Crippen LogP contribution >= 0.6 is 27.0 Å². The molecular weight excluding hydrogens is 485 g/mol. The molecule has 0 bridgehead atoms. The Labute approximate surface area is 212 Å². The quantitative estimate of drug-likeness (QED) is 0.403. The van der Waals surface area contributed by atoms with Crippen molar-refractivity contribution in [2.75, 3.05) is 26.2 Å². The Morgan fingerprint density at radius 2 is 1.79 bits per heavy atom. The van der Waals surface area contributed by atoms with E-state index >= 15 is 0 Å². The van der Waals surface area contributed by atoms with Gasteiger partial charge in [-0.2, -0.15) is 27.0 Å². The zero-order valence-corrected chi connectivity index (χ0v) is 23.4. The molecule has 1 aromatic carbocycles. The zero-order chi connectivity index (χ0) is 22.9. The van der Waals surface area contributed by atoms with Crippen molar-refractivity contribution in [2.24, 2.45) is 5.92 Å². The van der Waals surface area contributed by atoms with Gasteiger partial charge in [0.1, 0.15) is 5.75 Å². The Hall–Kier alpha value is -0.393. The number of hydrogen-bond acceptors (Lipinski definition) is 4. The van der Waals surface area contributed by atoms with Crippen molar-refractivity contribution in [1.82, 2.24) is 10.2 Å². The van der Waals surface area contributed by atoms with Gasteiger partial charge in [0.2, 0.25) is 0 Å². The third-order valence-corrected chi connectivity index (χ3v) is 11.3. The minimum absolute atomic E-state index is 0. The number of hydrogen-bond donors (Lipinski definition) is 1. The summed E-state index contributed by atoms with van der Waals surface area (Å²) < 4.78 is 48.8. The smallest absolute Gasteiger partial charge is 0.413 e. The predicted molar refractivity (Wildman–Crippen MR) is 140 cm³/mol. The number of halogens is 3. The monoisotopic (exact) mass is 526 g/mol. The molecule has 1 aliphatic carbocycles. The second-order valence-electron chi connectivity index (χ2n) is 10.6. The second-order valence-corrected chi connectivity index (χ2v) is 15.3. The summed E-state index contributed by atoms with van der Waals surface area (Å²) in [5.41, 5.74) is 0.830. The molecule has 1 heterocycles. The Bertz CT molecular complexity index is 743. The first-order valence-corrected chi connectivity index (χ1v) is 14.2. The molecule has 2 fully saturated rings. The molecule has 192 valence electrons. The average molecular weight is 527 g/mol. The number of ether oxygens (including phenoxy) is 1. The molecule has 2 aliphatic rings. The lowest BCUT2D eigenvalue weighted by molar-refractivity contribution is -0.274. The Balaban J connectivity index is 0.00000272. The molecule has 0 spiro atoms. The van der Waals surface area contributed by atoms with Crippen LogP contribution in [0.15, 0.2) is 24.3 Å². The number of nitrogens with one attached hydrogen (secondary N) is 1. The van der Waals surface area contributed by atoms with Crippen LogP contribution in [0.4, 0.5) is 13.2 Å². The van der Waals surface area contributed by atoms with Crippen LogP contribution < -0.4 is 10.1 Å². The lowest BCUT2D eigenvalue weighted by Gasteiger charge is -2.38. The summed E-state index contributed by atoms with van der Waals surface area (Å²) >= 11 is 0. The van der Waals surface area contributed by atoms with Crippen molar-refractivity contribution in [3.05, 3.63) is 29.8 Å². The summed E-state index contributed by atoms with van der Waals surface area (Å²) in [6.45, 7) is 14.8. The SMILES string of the molecule is CC(C)(C)[Si](C)(C)O[C@H]1CCN(C[C@@H](NCC2CC2)c2cccc(OC(F)(F)F)c2)C1.S.S. The van der Waals surface area contributed by atoms with Gasteiger partial charge in [-0.15, -0.1) is 13.2 Å². The highest BCUT2D eigenvalue weighted by Gasteiger charge is 2.40. The Morgan fingerprint density at radius 3 is 2.36 bits per heavy atom. The van der Waals surface area contributed by atoms with Crippen molar-refractivity contribution in [2.45, 2.75) is 76.7 Å². The number of alkyl halides is 3. The van der Waals surface area contributed by atoms with E-state index in [-0.39, 0.29) is 49.9 Å². The van der Waals surface area contributed by atoms with Crippen LogP contribution in [0.5, 0.6) is 5.75 Å². The maximum atomic E-state index is 12.7. The number of rotatable bonds is 9. The topological polar surface area (TPSA) is 33.7 Å². The normalized spacial score (nSPS) is 20.7. The van der Waals surface area contributed by atoms with Gasteiger partial charge in [0.05, 0.1) is 6.10 Å². The van der Waals surface area contributed by atoms with Crippen molar-refractivity contribution >= 4 is 35.3 Å². The number of nitrogens with zero attached hydrogens (tertiary/aromatic N) is 1. The third kappa shape index (κ3) is 9.64. The van der Waals surface area contributed by atoms with Crippen LogP contribution in [0.2, 0.25) is 18.1 Å². The molecule has 4 nitrogen and oxygen atoms in total. The van der Waals surface area contributed by atoms with Crippen LogP contribution in [0, 0.1) is 5.92 Å². The molecule has 0 aromatic heterocycles. The Morgan fingerprint density at radius 1 is 1.12 bits per heavy atom. The van der Waals surface area contributed by atoms with Crippen molar-refractivity contribution < 1.29 is 22.3 Å². The van der Waals surface area contributed by atoms with E-state index in [9.17, 15) is 13.2 Å². The zero-order valence-electron chi connectivity index (χ0n) is 20.4. The summed E-state index contributed by atoms with van der Waals surface area (Å²) in [5.74, 6) is 0.522. The van der Waals surface area contributed by atoms with E-state index in [4.69, 9.17) is 4.43 Å². The minimum atomic E-state index is -4.68. The summed E-state index contributed by atoms with van der Waals surface area (Å²) in [4.78, 5) is 2.37. The van der Waals surface area contributed by atoms with Crippen molar-refractivity contribution in [1.29, 1.82) is 0 Å². The van der Waals surface area contributed by atoms with Gasteiger partial charge in [0.15, 0.2) is 8.32 Å².